The van der Waals surface area contributed by atoms with Crippen molar-refractivity contribution in [2.24, 2.45) is 11.8 Å². The Morgan fingerprint density at radius 2 is 2.33 bits per heavy atom. The minimum Gasteiger partial charge on any atom is -0.309 e. The molecule has 0 spiro atoms. The van der Waals surface area contributed by atoms with Crippen LogP contribution < -0.4 is 5.32 Å². The summed E-state index contributed by atoms with van der Waals surface area (Å²) in [5.74, 6) is 1.68. The predicted octanol–water partition coefficient (Wildman–Crippen LogP) is 3.06. The quantitative estimate of drug-likeness (QED) is 0.853. The van der Waals surface area contributed by atoms with Crippen LogP contribution in [-0.2, 0) is 6.54 Å². The first-order valence-electron chi connectivity index (χ1n) is 5.88. The van der Waals surface area contributed by atoms with Crippen molar-refractivity contribution in [3.8, 4) is 0 Å². The van der Waals surface area contributed by atoms with Gasteiger partial charge in [-0.1, -0.05) is 26.7 Å². The van der Waals surface area contributed by atoms with Crippen LogP contribution >= 0.6 is 11.3 Å². The lowest BCUT2D eigenvalue weighted by molar-refractivity contribution is 0.206. The summed E-state index contributed by atoms with van der Waals surface area (Å²) >= 11 is 1.74. The van der Waals surface area contributed by atoms with E-state index in [2.05, 4.69) is 24.1 Å². The van der Waals surface area contributed by atoms with Gasteiger partial charge in [0.1, 0.15) is 0 Å². The third-order valence-corrected chi connectivity index (χ3v) is 4.51. The number of hydrogen-bond donors (Lipinski definition) is 1. The van der Waals surface area contributed by atoms with E-state index in [1.165, 1.54) is 24.1 Å². The van der Waals surface area contributed by atoms with Gasteiger partial charge in [-0.3, -0.25) is 4.98 Å². The van der Waals surface area contributed by atoms with E-state index in [0.29, 0.717) is 6.04 Å². The molecule has 0 amide bonds. The topological polar surface area (TPSA) is 24.9 Å². The number of thiazole rings is 1. The van der Waals surface area contributed by atoms with Crippen LogP contribution in [0.1, 0.15) is 38.0 Å². The summed E-state index contributed by atoms with van der Waals surface area (Å²) in [6.45, 7) is 5.76. The van der Waals surface area contributed by atoms with Crippen LogP contribution in [-0.4, -0.2) is 11.0 Å². The second-order valence-corrected chi connectivity index (χ2v) is 5.69. The summed E-state index contributed by atoms with van der Waals surface area (Å²) in [7, 11) is 0. The molecule has 3 heteroatoms. The van der Waals surface area contributed by atoms with Crippen molar-refractivity contribution in [3.63, 3.8) is 0 Å². The van der Waals surface area contributed by atoms with Crippen LogP contribution in [0.15, 0.2) is 11.7 Å². The Bertz CT molecular complexity index is 284. The highest BCUT2D eigenvalue weighted by Crippen LogP contribution is 2.29. The van der Waals surface area contributed by atoms with Crippen molar-refractivity contribution in [1.82, 2.24) is 10.3 Å². The van der Waals surface area contributed by atoms with E-state index in [9.17, 15) is 0 Å². The fourth-order valence-corrected chi connectivity index (χ4v) is 2.98. The standard InChI is InChI=1S/C12H20N2S/c1-9-4-3-5-12(10(9)2)14-7-11-6-13-8-15-11/h6,8-10,12,14H,3-5,7H2,1-2H3/t9-,10+,12+/m0/s1. The monoisotopic (exact) mass is 224 g/mol. The van der Waals surface area contributed by atoms with Crippen LogP contribution in [0.25, 0.3) is 0 Å². The van der Waals surface area contributed by atoms with Crippen molar-refractivity contribution in [3.05, 3.63) is 16.6 Å². The normalized spacial score (nSPS) is 31.7. The zero-order chi connectivity index (χ0) is 10.7. The molecule has 1 N–H and O–H groups in total. The van der Waals surface area contributed by atoms with Gasteiger partial charge in [-0.15, -0.1) is 11.3 Å². The number of nitrogens with zero attached hydrogens (tertiary/aromatic N) is 1. The summed E-state index contributed by atoms with van der Waals surface area (Å²) in [4.78, 5) is 5.45. The highest BCUT2D eigenvalue weighted by molar-refractivity contribution is 7.09. The van der Waals surface area contributed by atoms with E-state index in [-0.39, 0.29) is 0 Å². The summed E-state index contributed by atoms with van der Waals surface area (Å²) in [5.41, 5.74) is 1.91. The molecule has 3 atom stereocenters. The first kappa shape index (κ1) is 11.1. The van der Waals surface area contributed by atoms with Gasteiger partial charge in [0.2, 0.25) is 0 Å². The summed E-state index contributed by atoms with van der Waals surface area (Å²) < 4.78 is 0. The Kier molecular flexibility index (Phi) is 3.76. The Morgan fingerprint density at radius 3 is 3.07 bits per heavy atom. The van der Waals surface area contributed by atoms with Gasteiger partial charge in [0.25, 0.3) is 0 Å². The lowest BCUT2D eigenvalue weighted by Crippen LogP contribution is -2.40. The molecule has 1 heterocycles. The zero-order valence-electron chi connectivity index (χ0n) is 9.57. The van der Waals surface area contributed by atoms with Gasteiger partial charge >= 0.3 is 0 Å². The molecular formula is C12H20N2S. The SMILES string of the molecule is C[C@@H]1[C@@H](C)CCC[C@H]1NCc1cncs1. The fraction of sp³-hybridized carbons (Fsp3) is 0.750. The highest BCUT2D eigenvalue weighted by atomic mass is 32.1. The van der Waals surface area contributed by atoms with Gasteiger partial charge in [-0.2, -0.15) is 0 Å². The molecule has 0 saturated heterocycles. The van der Waals surface area contributed by atoms with Crippen LogP contribution in [0.4, 0.5) is 0 Å². The van der Waals surface area contributed by atoms with Crippen molar-refractivity contribution < 1.29 is 0 Å². The summed E-state index contributed by atoms with van der Waals surface area (Å²) in [5, 5.41) is 3.67. The van der Waals surface area contributed by atoms with Gasteiger partial charge in [0.15, 0.2) is 0 Å². The van der Waals surface area contributed by atoms with E-state index in [4.69, 9.17) is 0 Å². The third kappa shape index (κ3) is 2.79. The Labute approximate surface area is 96.1 Å². The molecule has 0 radical (unpaired) electrons. The van der Waals surface area contributed by atoms with Gasteiger partial charge in [0.05, 0.1) is 5.51 Å². The van der Waals surface area contributed by atoms with E-state index >= 15 is 0 Å². The van der Waals surface area contributed by atoms with Gasteiger partial charge in [-0.25, -0.2) is 0 Å². The van der Waals surface area contributed by atoms with E-state index in [0.717, 1.165) is 18.4 Å². The predicted molar refractivity (Wildman–Crippen MR) is 64.9 cm³/mol. The zero-order valence-corrected chi connectivity index (χ0v) is 10.4. The van der Waals surface area contributed by atoms with Gasteiger partial charge in [-0.05, 0) is 18.3 Å². The second-order valence-electron chi connectivity index (χ2n) is 4.72. The minimum absolute atomic E-state index is 0.704. The molecule has 1 aliphatic carbocycles. The van der Waals surface area contributed by atoms with Crippen molar-refractivity contribution in [2.75, 3.05) is 0 Å². The highest BCUT2D eigenvalue weighted by Gasteiger charge is 2.26. The van der Waals surface area contributed by atoms with Crippen LogP contribution in [0.3, 0.4) is 0 Å². The average molecular weight is 224 g/mol. The number of nitrogens with one attached hydrogen (secondary N) is 1. The molecule has 1 aromatic heterocycles. The summed E-state index contributed by atoms with van der Waals surface area (Å²) in [6, 6.07) is 0.704. The largest absolute Gasteiger partial charge is 0.309 e. The molecule has 0 aromatic carbocycles. The third-order valence-electron chi connectivity index (χ3n) is 3.73. The van der Waals surface area contributed by atoms with Gasteiger partial charge in [0, 0.05) is 23.7 Å². The lowest BCUT2D eigenvalue weighted by atomic mass is 9.78. The second kappa shape index (κ2) is 5.08. The molecule has 1 saturated carbocycles. The molecule has 1 aliphatic rings. The molecule has 2 rings (SSSR count). The number of hydrogen-bond acceptors (Lipinski definition) is 3. The molecule has 84 valence electrons. The number of rotatable bonds is 3. The molecule has 2 nitrogen and oxygen atoms in total. The van der Waals surface area contributed by atoms with Crippen LogP contribution in [0.5, 0.6) is 0 Å². The van der Waals surface area contributed by atoms with Gasteiger partial charge < -0.3 is 5.32 Å². The Hall–Kier alpha value is -0.410. The maximum Gasteiger partial charge on any atom is 0.0794 e. The molecule has 15 heavy (non-hydrogen) atoms. The van der Waals surface area contributed by atoms with Crippen LogP contribution in [0, 0.1) is 11.8 Å². The Morgan fingerprint density at radius 1 is 1.47 bits per heavy atom. The first-order valence-corrected chi connectivity index (χ1v) is 6.76. The average Bonchev–Trinajstić information content (AvgIpc) is 2.73. The summed E-state index contributed by atoms with van der Waals surface area (Å²) in [6.07, 6.45) is 6.09. The van der Waals surface area contributed by atoms with E-state index in [1.807, 2.05) is 11.7 Å². The fourth-order valence-electron chi connectivity index (χ4n) is 2.43. The molecule has 0 bridgehead atoms. The number of aromatic nitrogens is 1. The Balaban J connectivity index is 1.83. The smallest absolute Gasteiger partial charge is 0.0794 e. The van der Waals surface area contributed by atoms with E-state index < -0.39 is 0 Å². The van der Waals surface area contributed by atoms with Crippen molar-refractivity contribution >= 4 is 11.3 Å². The maximum absolute atomic E-state index is 4.10. The van der Waals surface area contributed by atoms with Crippen molar-refractivity contribution in [1.29, 1.82) is 0 Å². The molecule has 0 aliphatic heterocycles. The van der Waals surface area contributed by atoms with Crippen LogP contribution in [0.2, 0.25) is 0 Å². The molecular weight excluding hydrogens is 204 g/mol. The lowest BCUT2D eigenvalue weighted by Gasteiger charge is -2.34. The molecule has 1 fully saturated rings. The first-order chi connectivity index (χ1) is 7.27. The molecule has 1 aromatic rings. The van der Waals surface area contributed by atoms with E-state index in [1.54, 1.807) is 11.3 Å². The maximum atomic E-state index is 4.10. The minimum atomic E-state index is 0.704. The molecule has 0 unspecified atom stereocenters. The van der Waals surface area contributed by atoms with Crippen molar-refractivity contribution in [2.45, 2.75) is 45.7 Å².